The van der Waals surface area contributed by atoms with Gasteiger partial charge in [0, 0.05) is 17.0 Å². The predicted molar refractivity (Wildman–Crippen MR) is 169 cm³/mol. The molecule has 47 heavy (non-hydrogen) atoms. The molecule has 8 rings (SSSR count). The van der Waals surface area contributed by atoms with Crippen LogP contribution in [0.2, 0.25) is 0 Å². The molecule has 4 fully saturated rings. The van der Waals surface area contributed by atoms with Crippen LogP contribution in [0.5, 0.6) is 5.75 Å². The molecule has 4 bridgehead atoms. The van der Waals surface area contributed by atoms with Gasteiger partial charge >= 0.3 is 12.1 Å². The lowest BCUT2D eigenvalue weighted by molar-refractivity contribution is -0.137. The van der Waals surface area contributed by atoms with E-state index in [2.05, 4.69) is 9.71 Å². The maximum Gasteiger partial charge on any atom is 0.417 e. The van der Waals surface area contributed by atoms with Crippen molar-refractivity contribution in [3.8, 4) is 27.4 Å². The van der Waals surface area contributed by atoms with Gasteiger partial charge in [0.15, 0.2) is 5.03 Å². The fourth-order valence-corrected chi connectivity index (χ4v) is 10.5. The number of halogens is 4. The highest BCUT2D eigenvalue weighted by atomic mass is 32.2. The van der Waals surface area contributed by atoms with Crippen LogP contribution in [0, 0.1) is 23.6 Å². The number of thiazole rings is 1. The summed E-state index contributed by atoms with van der Waals surface area (Å²) < 4.78 is 90.9. The average molecular weight is 687 g/mol. The third kappa shape index (κ3) is 5.77. The Kier molecular flexibility index (Phi) is 7.62. The minimum atomic E-state index is -4.69. The van der Waals surface area contributed by atoms with Gasteiger partial charge < -0.3 is 9.84 Å². The van der Waals surface area contributed by atoms with Crippen LogP contribution in [0.3, 0.4) is 0 Å². The lowest BCUT2D eigenvalue weighted by atomic mass is 9.48. The summed E-state index contributed by atoms with van der Waals surface area (Å²) in [5, 5.41) is 9.80. The number of methoxy groups -OCH3 is 1. The smallest absolute Gasteiger partial charge is 0.417 e. The summed E-state index contributed by atoms with van der Waals surface area (Å²) >= 11 is 0.829. The van der Waals surface area contributed by atoms with E-state index < -0.39 is 44.1 Å². The van der Waals surface area contributed by atoms with Crippen molar-refractivity contribution < 1.29 is 40.6 Å². The van der Waals surface area contributed by atoms with Gasteiger partial charge in [-0.3, -0.25) is 4.72 Å². The molecule has 0 saturated heterocycles. The number of carboxylic acids is 1. The summed E-state index contributed by atoms with van der Waals surface area (Å²) in [5.74, 6) is -0.773. The van der Waals surface area contributed by atoms with Gasteiger partial charge in [0.2, 0.25) is 0 Å². The largest absolute Gasteiger partial charge is 0.495 e. The minimum Gasteiger partial charge on any atom is -0.495 e. The molecule has 7 nitrogen and oxygen atoms in total. The fourth-order valence-electron chi connectivity index (χ4n) is 8.31. The molecule has 3 aromatic carbocycles. The second-order valence-corrected chi connectivity index (χ2v) is 15.5. The van der Waals surface area contributed by atoms with Gasteiger partial charge in [-0.2, -0.15) is 21.6 Å². The molecule has 1 aromatic heterocycles. The molecule has 0 atom stereocenters. The summed E-state index contributed by atoms with van der Waals surface area (Å²) in [4.78, 5) is 15.3. The SMILES string of the molecule is COc1cc(C(=O)O)c(F)cc1NS(=O)(=O)c1csc(-c2ccc(-c3ccc(C45CC6C[C@H](C4)C[C@H](C6)C5)cc3)c(C(F)(F)F)c2)n1. The second-order valence-electron chi connectivity index (χ2n) is 13.0. The van der Waals surface area contributed by atoms with Crippen molar-refractivity contribution in [2.75, 3.05) is 11.8 Å². The highest BCUT2D eigenvalue weighted by Crippen LogP contribution is 2.60. The molecule has 4 aromatic rings. The number of hydrogen-bond acceptors (Lipinski definition) is 6. The Labute approximate surface area is 272 Å². The van der Waals surface area contributed by atoms with E-state index in [1.54, 1.807) is 12.1 Å². The summed E-state index contributed by atoms with van der Waals surface area (Å²) in [7, 11) is -3.31. The molecule has 246 valence electrons. The van der Waals surface area contributed by atoms with Gasteiger partial charge in [0.25, 0.3) is 10.0 Å². The standard InChI is InChI=1S/C34H30F4N2O5S2/c1-45-29-12-25(32(41)42)27(35)13-28(29)40-47(43,44)30-17-46-31(39-30)22-4-7-24(26(11-22)34(36,37)38)21-2-5-23(6-3-21)33-14-18-8-19(15-33)10-20(9-18)16-33/h2-7,11-13,17-20,40H,8-10,14-16H2,1H3,(H,41,42)/t18-,19-,20?,33?/m1/s1. The van der Waals surface area contributed by atoms with Crippen molar-refractivity contribution in [1.29, 1.82) is 0 Å². The number of ether oxygens (including phenoxy) is 1. The quantitative estimate of drug-likeness (QED) is 0.180. The van der Waals surface area contributed by atoms with Crippen LogP contribution in [0.1, 0.15) is 60.0 Å². The molecule has 4 aliphatic carbocycles. The number of carbonyl (C=O) groups is 1. The van der Waals surface area contributed by atoms with E-state index >= 15 is 0 Å². The van der Waals surface area contributed by atoms with Gasteiger partial charge in [-0.1, -0.05) is 36.4 Å². The molecule has 0 aliphatic heterocycles. The van der Waals surface area contributed by atoms with Crippen molar-refractivity contribution >= 4 is 33.0 Å². The first-order chi connectivity index (χ1) is 22.2. The Morgan fingerprint density at radius 3 is 2.17 bits per heavy atom. The lowest BCUT2D eigenvalue weighted by Crippen LogP contribution is -2.48. The second kappa shape index (κ2) is 11.3. The van der Waals surface area contributed by atoms with Gasteiger partial charge in [0.1, 0.15) is 16.6 Å². The highest BCUT2D eigenvalue weighted by molar-refractivity contribution is 7.92. The maximum absolute atomic E-state index is 14.4. The van der Waals surface area contributed by atoms with Gasteiger partial charge in [-0.05, 0) is 90.5 Å². The molecule has 1 heterocycles. The number of rotatable bonds is 8. The van der Waals surface area contributed by atoms with Crippen LogP contribution >= 0.6 is 11.3 Å². The fraction of sp³-hybridized carbons (Fsp3) is 0.353. The number of carboxylic acid groups (broad SMARTS) is 1. The van der Waals surface area contributed by atoms with Crippen molar-refractivity contribution in [2.24, 2.45) is 17.8 Å². The zero-order chi connectivity index (χ0) is 33.3. The van der Waals surface area contributed by atoms with Crippen molar-refractivity contribution in [3.05, 3.63) is 82.5 Å². The molecular weight excluding hydrogens is 657 g/mol. The van der Waals surface area contributed by atoms with Crippen molar-refractivity contribution in [3.63, 3.8) is 0 Å². The van der Waals surface area contributed by atoms with E-state index in [9.17, 15) is 30.8 Å². The summed E-state index contributed by atoms with van der Waals surface area (Å²) in [6.45, 7) is 0. The number of aromatic carboxylic acids is 1. The number of benzene rings is 3. The van der Waals surface area contributed by atoms with Crippen LogP contribution in [0.25, 0.3) is 21.7 Å². The number of nitrogens with zero attached hydrogens (tertiary/aromatic N) is 1. The predicted octanol–water partition coefficient (Wildman–Crippen LogP) is 8.61. The van der Waals surface area contributed by atoms with Gasteiger partial charge in [-0.25, -0.2) is 14.2 Å². The van der Waals surface area contributed by atoms with Gasteiger partial charge in [0.05, 0.1) is 23.9 Å². The number of anilines is 1. The maximum atomic E-state index is 14.4. The van der Waals surface area contributed by atoms with E-state index in [1.807, 2.05) is 12.1 Å². The highest BCUT2D eigenvalue weighted by Gasteiger charge is 2.51. The van der Waals surface area contributed by atoms with E-state index in [-0.39, 0.29) is 33.0 Å². The van der Waals surface area contributed by atoms with Crippen molar-refractivity contribution in [1.82, 2.24) is 4.98 Å². The molecule has 0 radical (unpaired) electrons. The van der Waals surface area contributed by atoms with Crippen LogP contribution < -0.4 is 9.46 Å². The van der Waals surface area contributed by atoms with Gasteiger partial charge in [-0.15, -0.1) is 11.3 Å². The topological polar surface area (TPSA) is 106 Å². The molecule has 0 amide bonds. The Morgan fingerprint density at radius 2 is 1.60 bits per heavy atom. The molecule has 0 unspecified atom stereocenters. The number of sulfonamides is 1. The first-order valence-corrected chi connectivity index (χ1v) is 17.5. The molecule has 4 saturated carbocycles. The number of nitrogens with one attached hydrogen (secondary N) is 1. The Balaban J connectivity index is 1.16. The third-order valence-electron chi connectivity index (χ3n) is 9.94. The van der Waals surface area contributed by atoms with Crippen LogP contribution in [-0.4, -0.2) is 31.6 Å². The molecule has 13 heteroatoms. The van der Waals surface area contributed by atoms with E-state index in [0.29, 0.717) is 11.6 Å². The summed E-state index contributed by atoms with van der Waals surface area (Å²) in [6.07, 6.45) is 2.69. The Hall–Kier alpha value is -3.97. The summed E-state index contributed by atoms with van der Waals surface area (Å²) in [6, 6.07) is 12.9. The van der Waals surface area contributed by atoms with Crippen molar-refractivity contribution in [2.45, 2.75) is 55.1 Å². The first-order valence-electron chi connectivity index (χ1n) is 15.2. The third-order valence-corrected chi connectivity index (χ3v) is 12.2. The van der Waals surface area contributed by atoms with E-state index in [4.69, 9.17) is 9.84 Å². The van der Waals surface area contributed by atoms with Crippen LogP contribution in [0.4, 0.5) is 23.2 Å². The zero-order valence-electron chi connectivity index (χ0n) is 25.1. The minimum absolute atomic E-state index is 0.0170. The first kappa shape index (κ1) is 31.6. The summed E-state index contributed by atoms with van der Waals surface area (Å²) in [5.41, 5.74) is -0.0776. The van der Waals surface area contributed by atoms with Crippen LogP contribution in [-0.2, 0) is 21.6 Å². The number of aromatic nitrogens is 1. The average Bonchev–Trinajstić information content (AvgIpc) is 3.51. The van der Waals surface area contributed by atoms with E-state index in [0.717, 1.165) is 73.0 Å². The normalized spacial score (nSPS) is 23.6. The lowest BCUT2D eigenvalue weighted by Gasteiger charge is -2.57. The molecule has 0 spiro atoms. The van der Waals surface area contributed by atoms with E-state index in [1.165, 1.54) is 37.0 Å². The molecule has 2 N–H and O–H groups in total. The number of hydrogen-bond donors (Lipinski definition) is 2. The number of alkyl halides is 3. The molecule has 4 aliphatic rings. The Bertz CT molecular complexity index is 1950. The zero-order valence-corrected chi connectivity index (χ0v) is 26.7. The monoisotopic (exact) mass is 686 g/mol. The Morgan fingerprint density at radius 1 is 0.979 bits per heavy atom. The van der Waals surface area contributed by atoms with Crippen LogP contribution in [0.15, 0.2) is 65.0 Å². The molecular formula is C34H30F4N2O5S2.